The number of carboxylic acid groups (broad SMARTS) is 1. The molecule has 0 amide bonds. The Morgan fingerprint density at radius 1 is 1.26 bits per heavy atom. The maximum atomic E-state index is 10.9. The first kappa shape index (κ1) is 16.6. The lowest BCUT2D eigenvalue weighted by atomic mass is 10.0. The van der Waals surface area contributed by atoms with Crippen LogP contribution in [0.3, 0.4) is 0 Å². The van der Waals surface area contributed by atoms with Gasteiger partial charge in [-0.15, -0.1) is 0 Å². The van der Waals surface area contributed by atoms with E-state index in [2.05, 4.69) is 6.07 Å². The minimum Gasteiger partial charge on any atom is -0.493 e. The fourth-order valence-electron chi connectivity index (χ4n) is 2.05. The van der Waals surface area contributed by atoms with Crippen LogP contribution in [0.2, 0.25) is 5.02 Å². The highest BCUT2D eigenvalue weighted by Gasteiger charge is 2.08. The van der Waals surface area contributed by atoms with Crippen LogP contribution in [0, 0.1) is 11.3 Å². The van der Waals surface area contributed by atoms with E-state index in [4.69, 9.17) is 21.4 Å². The van der Waals surface area contributed by atoms with Crippen molar-refractivity contribution in [2.45, 2.75) is 6.92 Å². The topological polar surface area (TPSA) is 70.3 Å². The summed E-state index contributed by atoms with van der Waals surface area (Å²) in [5.41, 5.74) is 1.88. The number of hydrogen-bond donors (Lipinski definition) is 1. The summed E-state index contributed by atoms with van der Waals surface area (Å²) in [5, 5.41) is 18.9. The smallest absolute Gasteiger partial charge is 0.335 e. The van der Waals surface area contributed by atoms with Crippen LogP contribution < -0.4 is 4.74 Å². The minimum atomic E-state index is -1.01. The van der Waals surface area contributed by atoms with Gasteiger partial charge in [0.05, 0.1) is 23.8 Å². The lowest BCUT2D eigenvalue weighted by Crippen LogP contribution is -1.96. The van der Waals surface area contributed by atoms with Crippen molar-refractivity contribution in [1.82, 2.24) is 0 Å². The van der Waals surface area contributed by atoms with Crippen LogP contribution in [0.5, 0.6) is 5.75 Å². The van der Waals surface area contributed by atoms with Crippen molar-refractivity contribution in [2.75, 3.05) is 6.61 Å². The zero-order chi connectivity index (χ0) is 16.8. The lowest BCUT2D eigenvalue weighted by Gasteiger charge is -2.08. The summed E-state index contributed by atoms with van der Waals surface area (Å²) in [6, 6.07) is 13.4. The minimum absolute atomic E-state index is 0.170. The zero-order valence-electron chi connectivity index (χ0n) is 12.4. The third-order valence-electron chi connectivity index (χ3n) is 3.13. The summed E-state index contributed by atoms with van der Waals surface area (Å²) in [6.45, 7) is 2.37. The average Bonchev–Trinajstić information content (AvgIpc) is 2.55. The van der Waals surface area contributed by atoms with Gasteiger partial charge in [0.25, 0.3) is 0 Å². The molecule has 4 nitrogen and oxygen atoms in total. The van der Waals surface area contributed by atoms with Gasteiger partial charge in [0.2, 0.25) is 0 Å². The van der Waals surface area contributed by atoms with Crippen molar-refractivity contribution in [3.05, 3.63) is 64.2 Å². The molecule has 0 atom stereocenters. The largest absolute Gasteiger partial charge is 0.493 e. The van der Waals surface area contributed by atoms with E-state index in [1.807, 2.05) is 6.92 Å². The van der Waals surface area contributed by atoms with Crippen LogP contribution in [0.1, 0.15) is 28.4 Å². The summed E-state index contributed by atoms with van der Waals surface area (Å²) in [4.78, 5) is 10.9. The Balaban J connectivity index is 2.45. The highest BCUT2D eigenvalue weighted by molar-refractivity contribution is 6.30. The number of carbonyl (C=O) groups is 1. The van der Waals surface area contributed by atoms with Crippen LogP contribution in [0.4, 0.5) is 0 Å². The number of ether oxygens (including phenoxy) is 1. The van der Waals surface area contributed by atoms with E-state index in [1.54, 1.807) is 36.4 Å². The molecule has 0 aliphatic carbocycles. The number of hydrogen-bond acceptors (Lipinski definition) is 3. The number of allylic oxidation sites excluding steroid dienone is 1. The fraction of sp³-hybridized carbons (Fsp3) is 0.111. The van der Waals surface area contributed by atoms with Gasteiger partial charge in [-0.25, -0.2) is 4.79 Å². The Bertz CT molecular complexity index is 789. The van der Waals surface area contributed by atoms with Gasteiger partial charge in [-0.3, -0.25) is 0 Å². The van der Waals surface area contributed by atoms with Gasteiger partial charge >= 0.3 is 5.97 Å². The summed E-state index contributed by atoms with van der Waals surface area (Å²) in [7, 11) is 0. The normalized spacial score (nSPS) is 10.9. The van der Waals surface area contributed by atoms with Gasteiger partial charge in [-0.1, -0.05) is 23.7 Å². The molecule has 2 aromatic carbocycles. The number of aromatic carboxylic acids is 1. The first-order chi connectivity index (χ1) is 11.0. The molecular weight excluding hydrogens is 314 g/mol. The van der Waals surface area contributed by atoms with E-state index in [0.29, 0.717) is 34.1 Å². The van der Waals surface area contributed by atoms with Gasteiger partial charge in [0.15, 0.2) is 0 Å². The number of nitrogens with zero attached hydrogens (tertiary/aromatic N) is 1. The second-order valence-corrected chi connectivity index (χ2v) is 5.10. The van der Waals surface area contributed by atoms with Crippen LogP contribution in [0.25, 0.3) is 11.6 Å². The molecule has 2 aromatic rings. The third-order valence-corrected chi connectivity index (χ3v) is 3.37. The van der Waals surface area contributed by atoms with Gasteiger partial charge < -0.3 is 9.84 Å². The molecular formula is C18H14ClNO3. The molecule has 0 aromatic heterocycles. The molecule has 23 heavy (non-hydrogen) atoms. The van der Waals surface area contributed by atoms with Gasteiger partial charge in [-0.2, -0.15) is 5.26 Å². The van der Waals surface area contributed by atoms with E-state index >= 15 is 0 Å². The van der Waals surface area contributed by atoms with Crippen LogP contribution in [-0.2, 0) is 0 Å². The molecule has 0 heterocycles. The van der Waals surface area contributed by atoms with Crippen LogP contribution in [0.15, 0.2) is 42.5 Å². The highest BCUT2D eigenvalue weighted by atomic mass is 35.5. The zero-order valence-corrected chi connectivity index (χ0v) is 13.2. The SMILES string of the molecule is CCOc1ccc(Cl)cc1C=C(C#N)c1ccc(C(=O)O)cc1. The van der Waals surface area contributed by atoms with Gasteiger partial charge in [0, 0.05) is 10.6 Å². The first-order valence-corrected chi connectivity index (χ1v) is 7.30. The van der Waals surface area contributed by atoms with Crippen LogP contribution in [-0.4, -0.2) is 17.7 Å². The fourth-order valence-corrected chi connectivity index (χ4v) is 2.23. The first-order valence-electron chi connectivity index (χ1n) is 6.93. The molecule has 0 aliphatic rings. The molecule has 0 aliphatic heterocycles. The quantitative estimate of drug-likeness (QED) is 0.648. The van der Waals surface area contributed by atoms with E-state index in [-0.39, 0.29) is 5.56 Å². The monoisotopic (exact) mass is 327 g/mol. The van der Waals surface area contributed by atoms with Crippen molar-refractivity contribution < 1.29 is 14.6 Å². The molecule has 0 unspecified atom stereocenters. The summed E-state index contributed by atoms with van der Waals surface area (Å²) < 4.78 is 5.53. The number of rotatable bonds is 5. The van der Waals surface area contributed by atoms with Gasteiger partial charge in [-0.05, 0) is 48.9 Å². The second-order valence-electron chi connectivity index (χ2n) is 4.67. The molecule has 116 valence electrons. The summed E-state index contributed by atoms with van der Waals surface area (Å²) in [5.74, 6) is -0.376. The molecule has 0 radical (unpaired) electrons. The van der Waals surface area contributed by atoms with E-state index in [1.165, 1.54) is 12.1 Å². The van der Waals surface area contributed by atoms with Crippen molar-refractivity contribution in [3.8, 4) is 11.8 Å². The molecule has 5 heteroatoms. The van der Waals surface area contributed by atoms with Crippen molar-refractivity contribution in [3.63, 3.8) is 0 Å². The molecule has 2 rings (SSSR count). The molecule has 0 fully saturated rings. The van der Waals surface area contributed by atoms with Gasteiger partial charge in [0.1, 0.15) is 5.75 Å². The van der Waals surface area contributed by atoms with Crippen molar-refractivity contribution >= 4 is 29.2 Å². The molecule has 0 bridgehead atoms. The number of carboxylic acids is 1. The predicted octanol–water partition coefficient (Wildman–Crippen LogP) is 4.50. The highest BCUT2D eigenvalue weighted by Crippen LogP contribution is 2.27. The average molecular weight is 328 g/mol. The Hall–Kier alpha value is -2.77. The Kier molecular flexibility index (Phi) is 5.40. The maximum Gasteiger partial charge on any atom is 0.335 e. The second kappa shape index (κ2) is 7.48. The maximum absolute atomic E-state index is 10.9. The van der Waals surface area contributed by atoms with E-state index in [0.717, 1.165) is 0 Å². The molecule has 0 saturated carbocycles. The molecule has 0 spiro atoms. The predicted molar refractivity (Wildman–Crippen MR) is 89.5 cm³/mol. The standard InChI is InChI=1S/C18H14ClNO3/c1-2-23-17-8-7-16(19)10-14(17)9-15(11-20)12-3-5-13(6-4-12)18(21)22/h3-10H,2H2,1H3,(H,21,22). The van der Waals surface area contributed by atoms with E-state index in [9.17, 15) is 10.1 Å². The summed E-state index contributed by atoms with van der Waals surface area (Å²) >= 11 is 6.01. The number of benzene rings is 2. The van der Waals surface area contributed by atoms with Crippen molar-refractivity contribution in [1.29, 1.82) is 5.26 Å². The summed E-state index contributed by atoms with van der Waals surface area (Å²) in [6.07, 6.45) is 1.67. The number of nitriles is 1. The Morgan fingerprint density at radius 2 is 1.91 bits per heavy atom. The van der Waals surface area contributed by atoms with Crippen molar-refractivity contribution in [2.24, 2.45) is 0 Å². The Morgan fingerprint density at radius 3 is 2.48 bits per heavy atom. The van der Waals surface area contributed by atoms with E-state index < -0.39 is 5.97 Å². The van der Waals surface area contributed by atoms with Crippen LogP contribution >= 0.6 is 11.6 Å². The molecule has 1 N–H and O–H groups in total. The Labute approximate surface area is 139 Å². The molecule has 0 saturated heterocycles. The lowest BCUT2D eigenvalue weighted by molar-refractivity contribution is 0.0697. The number of halogens is 1. The third kappa shape index (κ3) is 4.12.